The first-order valence-corrected chi connectivity index (χ1v) is 9.43. The lowest BCUT2D eigenvalue weighted by atomic mass is 10.1. The van der Waals surface area contributed by atoms with Gasteiger partial charge in [-0.1, -0.05) is 24.8 Å². The van der Waals surface area contributed by atoms with Gasteiger partial charge in [-0.15, -0.1) is 3.89 Å². The molecule has 11 heteroatoms. The summed E-state index contributed by atoms with van der Waals surface area (Å²) in [5.41, 5.74) is 5.28. The highest BCUT2D eigenvalue weighted by Crippen LogP contribution is 2.31. The minimum Gasteiger partial charge on any atom is -0.382 e. The first-order chi connectivity index (χ1) is 12.7. The number of anilines is 3. The maximum atomic E-state index is 13.8. The average molecular weight is 429 g/mol. The lowest BCUT2D eigenvalue weighted by Gasteiger charge is -2.03. The summed E-state index contributed by atoms with van der Waals surface area (Å²) in [4.78, 5) is 15.6. The van der Waals surface area contributed by atoms with Gasteiger partial charge in [0.1, 0.15) is 22.3 Å². The van der Waals surface area contributed by atoms with Crippen molar-refractivity contribution in [3.05, 3.63) is 64.5 Å². The summed E-state index contributed by atoms with van der Waals surface area (Å²) in [6.45, 7) is 0. The van der Waals surface area contributed by atoms with E-state index in [2.05, 4.69) is 10.3 Å². The number of hydrogen-bond acceptors (Lipinski definition) is 7. The number of thiazole rings is 1. The Hall–Kier alpha value is -2.92. The van der Waals surface area contributed by atoms with Crippen LogP contribution in [0.25, 0.3) is 0 Å². The summed E-state index contributed by atoms with van der Waals surface area (Å²) < 4.78 is 62.1. The fraction of sp³-hybridized carbons (Fsp3) is 0.0588. The second-order valence-corrected chi connectivity index (χ2v) is 7.59. The van der Waals surface area contributed by atoms with Crippen LogP contribution in [0, 0.1) is 11.6 Å². The summed E-state index contributed by atoms with van der Waals surface area (Å²) in [5.74, 6) is -3.22. The molecule has 0 amide bonds. The van der Waals surface area contributed by atoms with E-state index in [4.69, 9.17) is 5.73 Å². The highest BCUT2D eigenvalue weighted by Gasteiger charge is 2.24. The molecule has 0 spiro atoms. The first kappa shape index (κ1) is 21.4. The number of nitrogens with one attached hydrogen (secondary N) is 1. The van der Waals surface area contributed by atoms with Gasteiger partial charge in [0.2, 0.25) is 5.78 Å². The van der Waals surface area contributed by atoms with Crippen LogP contribution in [0.5, 0.6) is 0 Å². The standard InChI is InChI=1S/C16H10F3N3O3S2.CH4/c17-10-2-1-3-11(18)12(10)13(23)14-15(20)22-16(26-14)21-8-4-6-9(7-5-8)27(19,24)25;/h1-7H,20H2,(H,21,22);1H4. The monoisotopic (exact) mass is 429 g/mol. The Balaban J connectivity index is 0.00000280. The lowest BCUT2D eigenvalue weighted by Crippen LogP contribution is -2.07. The first-order valence-electron chi connectivity index (χ1n) is 7.23. The van der Waals surface area contributed by atoms with E-state index in [9.17, 15) is 25.9 Å². The number of rotatable bonds is 5. The highest BCUT2D eigenvalue weighted by molar-refractivity contribution is 7.86. The molecule has 0 aliphatic rings. The summed E-state index contributed by atoms with van der Waals surface area (Å²) in [6.07, 6.45) is 0. The quantitative estimate of drug-likeness (QED) is 0.464. The molecule has 28 heavy (non-hydrogen) atoms. The van der Waals surface area contributed by atoms with Crippen molar-refractivity contribution in [2.45, 2.75) is 12.3 Å². The number of aromatic nitrogens is 1. The number of nitrogens with zero attached hydrogens (tertiary/aromatic N) is 1. The molecule has 0 saturated heterocycles. The number of benzene rings is 2. The maximum absolute atomic E-state index is 13.8. The van der Waals surface area contributed by atoms with Gasteiger partial charge in [0.25, 0.3) is 0 Å². The van der Waals surface area contributed by atoms with E-state index in [1.165, 1.54) is 12.1 Å². The van der Waals surface area contributed by atoms with Gasteiger partial charge in [-0.3, -0.25) is 4.79 Å². The van der Waals surface area contributed by atoms with Crippen molar-refractivity contribution in [1.29, 1.82) is 0 Å². The second-order valence-electron chi connectivity index (χ2n) is 5.25. The Bertz CT molecular complexity index is 1110. The second kappa shape index (κ2) is 7.98. The third kappa shape index (κ3) is 4.31. The Labute approximate surface area is 163 Å². The summed E-state index contributed by atoms with van der Waals surface area (Å²) in [7, 11) is -4.82. The minimum atomic E-state index is -4.82. The average Bonchev–Trinajstić information content (AvgIpc) is 2.94. The molecule has 0 unspecified atom stereocenters. The van der Waals surface area contributed by atoms with Crippen molar-refractivity contribution in [3.8, 4) is 0 Å². The number of nitrogens with two attached hydrogens (primary N) is 1. The number of carbonyl (C=O) groups excluding carboxylic acids is 1. The Morgan fingerprint density at radius 1 is 1.07 bits per heavy atom. The van der Waals surface area contributed by atoms with Crippen LogP contribution in [0.4, 0.5) is 29.3 Å². The normalized spacial score (nSPS) is 11.0. The van der Waals surface area contributed by atoms with E-state index in [-0.39, 0.29) is 23.3 Å². The SMILES string of the molecule is C.Nc1nc(Nc2ccc(S(=O)(=O)F)cc2)sc1C(=O)c1c(F)cccc1F. The molecule has 2 aromatic carbocycles. The minimum absolute atomic E-state index is 0. The van der Waals surface area contributed by atoms with Crippen LogP contribution in [0.2, 0.25) is 0 Å². The van der Waals surface area contributed by atoms with Crippen LogP contribution in [0.3, 0.4) is 0 Å². The topological polar surface area (TPSA) is 102 Å². The zero-order valence-electron chi connectivity index (χ0n) is 13.2. The van der Waals surface area contributed by atoms with Crippen LogP contribution in [-0.4, -0.2) is 19.2 Å². The van der Waals surface area contributed by atoms with Crippen molar-refractivity contribution >= 4 is 44.0 Å². The van der Waals surface area contributed by atoms with Crippen molar-refractivity contribution in [3.63, 3.8) is 0 Å². The number of carbonyl (C=O) groups is 1. The molecule has 0 aliphatic heterocycles. The highest BCUT2D eigenvalue weighted by atomic mass is 32.3. The van der Waals surface area contributed by atoms with Crippen LogP contribution in [0.15, 0.2) is 47.4 Å². The molecule has 0 fully saturated rings. The zero-order valence-corrected chi connectivity index (χ0v) is 14.9. The maximum Gasteiger partial charge on any atom is 0.332 e. The molecule has 6 nitrogen and oxygen atoms in total. The molecule has 0 saturated carbocycles. The van der Waals surface area contributed by atoms with E-state index in [1.54, 1.807) is 0 Å². The van der Waals surface area contributed by atoms with E-state index >= 15 is 0 Å². The predicted molar refractivity (Wildman–Crippen MR) is 101 cm³/mol. The molecule has 148 valence electrons. The Kier molecular flexibility index (Phi) is 6.10. The fourth-order valence-corrected chi connectivity index (χ4v) is 3.51. The Morgan fingerprint density at radius 3 is 2.18 bits per heavy atom. The molecular weight excluding hydrogens is 415 g/mol. The van der Waals surface area contributed by atoms with Crippen LogP contribution in [0.1, 0.15) is 22.7 Å². The van der Waals surface area contributed by atoms with E-state index in [0.717, 1.165) is 41.7 Å². The van der Waals surface area contributed by atoms with Crippen molar-refractivity contribution in [2.75, 3.05) is 11.1 Å². The molecule has 0 atom stereocenters. The fourth-order valence-electron chi connectivity index (χ4n) is 2.20. The van der Waals surface area contributed by atoms with Gasteiger partial charge in [-0.05, 0) is 36.4 Å². The van der Waals surface area contributed by atoms with Gasteiger partial charge in [0.05, 0.1) is 10.5 Å². The van der Waals surface area contributed by atoms with E-state index in [0.29, 0.717) is 5.69 Å². The summed E-state index contributed by atoms with van der Waals surface area (Å²) in [5, 5.41) is 2.88. The zero-order chi connectivity index (χ0) is 19.8. The van der Waals surface area contributed by atoms with Gasteiger partial charge < -0.3 is 11.1 Å². The van der Waals surface area contributed by atoms with Crippen molar-refractivity contribution in [2.24, 2.45) is 0 Å². The molecule has 3 rings (SSSR count). The van der Waals surface area contributed by atoms with Gasteiger partial charge >= 0.3 is 10.2 Å². The summed E-state index contributed by atoms with van der Waals surface area (Å²) in [6, 6.07) is 7.67. The van der Waals surface area contributed by atoms with Crippen LogP contribution >= 0.6 is 11.3 Å². The third-order valence-corrected chi connectivity index (χ3v) is 5.26. The molecule has 3 N–H and O–H groups in total. The van der Waals surface area contributed by atoms with E-state index < -0.39 is 38.1 Å². The molecule has 0 radical (unpaired) electrons. The third-order valence-electron chi connectivity index (χ3n) is 3.44. The van der Waals surface area contributed by atoms with Gasteiger partial charge in [-0.2, -0.15) is 8.42 Å². The van der Waals surface area contributed by atoms with Gasteiger partial charge in [-0.25, -0.2) is 13.8 Å². The largest absolute Gasteiger partial charge is 0.382 e. The van der Waals surface area contributed by atoms with Crippen molar-refractivity contribution in [1.82, 2.24) is 4.98 Å². The number of hydrogen-bond donors (Lipinski definition) is 2. The lowest BCUT2D eigenvalue weighted by molar-refractivity contribution is 0.103. The molecule has 1 aromatic heterocycles. The van der Waals surface area contributed by atoms with Crippen LogP contribution < -0.4 is 11.1 Å². The smallest absolute Gasteiger partial charge is 0.332 e. The summed E-state index contributed by atoms with van der Waals surface area (Å²) >= 11 is 0.762. The van der Waals surface area contributed by atoms with Gasteiger partial charge in [0.15, 0.2) is 5.13 Å². The van der Waals surface area contributed by atoms with Crippen molar-refractivity contribution < 1.29 is 25.9 Å². The number of ketones is 1. The van der Waals surface area contributed by atoms with Crippen LogP contribution in [-0.2, 0) is 10.2 Å². The molecule has 0 bridgehead atoms. The molecule has 1 heterocycles. The molecule has 3 aromatic rings. The van der Waals surface area contributed by atoms with Gasteiger partial charge in [0, 0.05) is 5.69 Å². The number of halogens is 3. The molecule has 0 aliphatic carbocycles. The Morgan fingerprint density at radius 2 is 1.64 bits per heavy atom. The number of nitrogen functional groups attached to an aromatic ring is 1. The van der Waals surface area contributed by atoms with E-state index in [1.807, 2.05) is 0 Å². The predicted octanol–water partition coefficient (Wildman–Crippen LogP) is 4.27. The molecular formula is C17H14F3N3O3S2.